The Balaban J connectivity index is 1.94. The zero-order valence-corrected chi connectivity index (χ0v) is 19.6. The van der Waals surface area contributed by atoms with Crippen molar-refractivity contribution in [1.29, 1.82) is 0 Å². The van der Waals surface area contributed by atoms with E-state index in [0.29, 0.717) is 0 Å². The standard InChI is InChI=1S/C9H15N5O16P4/c10-9-12-6-5(7(15)13-9)11-2-14(6)4-1-3(27-33(22,23)29-31(16,17)18)8(26-4)28-34(24,25)30-32(19,20)21/h2-4,8H,1H2,(H,22,23)(H,24,25)(H2,16,17,18)(H2,19,20,21)(H3,10,12,13,15)/t3-,4+,8+/m0/s1. The molecular formula is C9H15N5O16P4. The van der Waals surface area contributed by atoms with Gasteiger partial charge in [-0.25, -0.2) is 23.2 Å². The van der Waals surface area contributed by atoms with Gasteiger partial charge in [0.15, 0.2) is 17.5 Å². The van der Waals surface area contributed by atoms with Crippen molar-refractivity contribution in [3.63, 3.8) is 0 Å². The Morgan fingerprint density at radius 2 is 1.59 bits per heavy atom. The fourth-order valence-corrected chi connectivity index (χ4v) is 6.17. The first-order valence-electron chi connectivity index (χ1n) is 8.28. The van der Waals surface area contributed by atoms with E-state index in [2.05, 4.69) is 32.6 Å². The van der Waals surface area contributed by atoms with E-state index in [4.69, 9.17) is 30.0 Å². The molecule has 0 saturated carbocycles. The molecule has 9 N–H and O–H groups in total. The number of nitrogens with one attached hydrogen (secondary N) is 1. The van der Waals surface area contributed by atoms with E-state index >= 15 is 0 Å². The van der Waals surface area contributed by atoms with Gasteiger partial charge >= 0.3 is 31.3 Å². The molecule has 192 valence electrons. The van der Waals surface area contributed by atoms with Crippen LogP contribution in [0.25, 0.3) is 11.2 Å². The number of H-pyrrole nitrogens is 1. The third-order valence-electron chi connectivity index (χ3n) is 3.71. The Morgan fingerprint density at radius 3 is 2.15 bits per heavy atom. The van der Waals surface area contributed by atoms with Crippen molar-refractivity contribution in [1.82, 2.24) is 19.5 Å². The molecule has 2 unspecified atom stereocenters. The summed E-state index contributed by atoms with van der Waals surface area (Å²) in [5.41, 5.74) is 4.28. The Hall–Kier alpha value is -1.37. The first-order chi connectivity index (χ1) is 15.3. The van der Waals surface area contributed by atoms with Gasteiger partial charge in [0.1, 0.15) is 12.3 Å². The van der Waals surface area contributed by atoms with Crippen LogP contribution in [0.5, 0.6) is 0 Å². The van der Waals surface area contributed by atoms with Crippen LogP contribution >= 0.6 is 31.3 Å². The maximum Gasteiger partial charge on any atom is 0.483 e. The van der Waals surface area contributed by atoms with Gasteiger partial charge in [0.05, 0.1) is 6.33 Å². The lowest BCUT2D eigenvalue weighted by atomic mass is 10.2. The van der Waals surface area contributed by atoms with E-state index in [0.717, 1.165) is 10.9 Å². The van der Waals surface area contributed by atoms with E-state index in [1.807, 2.05) is 0 Å². The molecule has 0 spiro atoms. The number of hydrogen-bond acceptors (Lipinski definition) is 13. The van der Waals surface area contributed by atoms with Gasteiger partial charge < -0.3 is 39.8 Å². The number of hydrogen-bond donors (Lipinski definition) is 8. The maximum atomic E-state index is 11.9. The van der Waals surface area contributed by atoms with Crippen molar-refractivity contribution < 1.29 is 70.0 Å². The SMILES string of the molecule is Nc1nc2c(ncn2[C@H]2C[C@H](OP(=O)(O)OP(=O)(O)O)[C@@H](OP(=O)(O)OP(=O)(O)O)O2)c(=O)[nH]1. The molecule has 21 nitrogen and oxygen atoms in total. The van der Waals surface area contributed by atoms with Crippen LogP contribution in [-0.2, 0) is 40.7 Å². The Kier molecular flexibility index (Phi) is 7.41. The highest BCUT2D eigenvalue weighted by Crippen LogP contribution is 2.62. The third kappa shape index (κ3) is 7.08. The first kappa shape index (κ1) is 27.2. The van der Waals surface area contributed by atoms with E-state index in [-0.39, 0.29) is 17.1 Å². The van der Waals surface area contributed by atoms with Gasteiger partial charge in [-0.15, -0.1) is 0 Å². The van der Waals surface area contributed by atoms with Crippen LogP contribution < -0.4 is 11.3 Å². The number of fused-ring (bicyclic) bond motifs is 1. The molecule has 25 heteroatoms. The quantitative estimate of drug-likeness (QED) is 0.163. The highest BCUT2D eigenvalue weighted by atomic mass is 31.3. The number of phosphoric ester groups is 2. The fraction of sp³-hybridized carbons (Fsp3) is 0.444. The lowest BCUT2D eigenvalue weighted by Crippen LogP contribution is -2.26. The number of aromatic nitrogens is 4. The smallest absolute Gasteiger partial charge is 0.369 e. The van der Waals surface area contributed by atoms with Crippen LogP contribution in [0.3, 0.4) is 0 Å². The average molecular weight is 573 g/mol. The number of ether oxygens (including phenoxy) is 1. The fourth-order valence-electron chi connectivity index (χ4n) is 2.74. The summed E-state index contributed by atoms with van der Waals surface area (Å²) in [6.45, 7) is 0. The largest absolute Gasteiger partial charge is 0.483 e. The number of rotatable bonds is 9. The second kappa shape index (κ2) is 9.25. The summed E-state index contributed by atoms with van der Waals surface area (Å²) in [7, 11) is -22.4. The molecule has 3 rings (SSSR count). The zero-order chi connectivity index (χ0) is 25.7. The number of nitrogens with zero attached hydrogens (tertiary/aromatic N) is 3. The van der Waals surface area contributed by atoms with Crippen LogP contribution in [-0.4, -0.2) is 61.3 Å². The van der Waals surface area contributed by atoms with Gasteiger partial charge in [-0.3, -0.25) is 23.4 Å². The van der Waals surface area contributed by atoms with Crippen molar-refractivity contribution >= 4 is 48.4 Å². The number of nitrogens with two attached hydrogens (primary N) is 1. The van der Waals surface area contributed by atoms with Crippen LogP contribution in [0.15, 0.2) is 11.1 Å². The van der Waals surface area contributed by atoms with E-state index in [1.54, 1.807) is 0 Å². The van der Waals surface area contributed by atoms with E-state index in [9.17, 15) is 32.8 Å². The summed E-state index contributed by atoms with van der Waals surface area (Å²) in [6, 6.07) is 0. The number of imidazole rings is 1. The molecule has 0 amide bonds. The highest BCUT2D eigenvalue weighted by Gasteiger charge is 2.48. The molecule has 1 aliphatic rings. The highest BCUT2D eigenvalue weighted by molar-refractivity contribution is 7.61. The predicted molar refractivity (Wildman–Crippen MR) is 103 cm³/mol. The Bertz CT molecular complexity index is 1270. The monoisotopic (exact) mass is 573 g/mol. The first-order valence-corrected chi connectivity index (χ1v) is 14.3. The van der Waals surface area contributed by atoms with Crippen molar-refractivity contribution in [2.24, 2.45) is 0 Å². The van der Waals surface area contributed by atoms with Gasteiger partial charge in [0.2, 0.25) is 5.95 Å². The van der Waals surface area contributed by atoms with E-state index in [1.165, 1.54) is 0 Å². The molecule has 34 heavy (non-hydrogen) atoms. The topological polar surface area (TPSA) is 325 Å². The minimum Gasteiger partial charge on any atom is -0.369 e. The molecule has 1 fully saturated rings. The van der Waals surface area contributed by atoms with Gasteiger partial charge in [-0.05, 0) is 0 Å². The van der Waals surface area contributed by atoms with E-state index < -0.39 is 61.9 Å². The van der Waals surface area contributed by atoms with Gasteiger partial charge in [-0.2, -0.15) is 13.6 Å². The lowest BCUT2D eigenvalue weighted by molar-refractivity contribution is -0.131. The van der Waals surface area contributed by atoms with Gasteiger partial charge in [0, 0.05) is 6.42 Å². The van der Waals surface area contributed by atoms with Crippen molar-refractivity contribution in [3.8, 4) is 0 Å². The van der Waals surface area contributed by atoms with Crippen LogP contribution in [0.4, 0.5) is 5.95 Å². The Morgan fingerprint density at radius 1 is 1.03 bits per heavy atom. The molecule has 1 saturated heterocycles. The zero-order valence-electron chi connectivity index (χ0n) is 16.0. The predicted octanol–water partition coefficient (Wildman–Crippen LogP) is -1.23. The molecular weight excluding hydrogens is 558 g/mol. The molecule has 5 atom stereocenters. The number of aromatic amines is 1. The number of nitrogen functional groups attached to an aromatic ring is 1. The van der Waals surface area contributed by atoms with Gasteiger partial charge in [-0.1, -0.05) is 0 Å². The summed E-state index contributed by atoms with van der Waals surface area (Å²) in [5.74, 6) is -0.345. The van der Waals surface area contributed by atoms with Crippen molar-refractivity contribution in [2.45, 2.75) is 25.0 Å². The van der Waals surface area contributed by atoms with Crippen LogP contribution in [0.2, 0.25) is 0 Å². The second-order valence-corrected chi connectivity index (χ2v) is 11.9. The Labute approximate surface area is 186 Å². The molecule has 3 heterocycles. The van der Waals surface area contributed by atoms with Crippen molar-refractivity contribution in [3.05, 3.63) is 16.7 Å². The summed E-state index contributed by atoms with van der Waals surface area (Å²) >= 11 is 0. The molecule has 2 aromatic heterocycles. The number of phosphoric acid groups is 4. The molecule has 0 aliphatic carbocycles. The molecule has 2 aromatic rings. The molecule has 0 radical (unpaired) electrons. The average Bonchev–Trinajstić information content (AvgIpc) is 3.13. The van der Waals surface area contributed by atoms with Gasteiger partial charge in [0.25, 0.3) is 5.56 Å². The summed E-state index contributed by atoms with van der Waals surface area (Å²) in [4.78, 5) is 75.8. The lowest BCUT2D eigenvalue weighted by Gasteiger charge is -2.22. The summed E-state index contributed by atoms with van der Waals surface area (Å²) in [5, 5.41) is 0. The minimum absolute atomic E-state index is 0.192. The summed E-state index contributed by atoms with van der Waals surface area (Å²) in [6.07, 6.45) is -5.23. The number of anilines is 1. The normalized spacial score (nSPS) is 25.3. The summed E-state index contributed by atoms with van der Waals surface area (Å²) < 4.78 is 68.2. The molecule has 1 aliphatic heterocycles. The minimum atomic E-state index is -5.62. The van der Waals surface area contributed by atoms with Crippen LogP contribution in [0.1, 0.15) is 12.6 Å². The second-order valence-electron chi connectivity index (χ2n) is 6.30. The maximum absolute atomic E-state index is 11.9. The van der Waals surface area contributed by atoms with Crippen molar-refractivity contribution in [2.75, 3.05) is 5.73 Å². The third-order valence-corrected chi connectivity index (χ3v) is 8.08. The van der Waals surface area contributed by atoms with Crippen LogP contribution in [0, 0.1) is 0 Å². The molecule has 0 bridgehead atoms. The molecule has 0 aromatic carbocycles.